The van der Waals surface area contributed by atoms with Gasteiger partial charge in [-0.3, -0.25) is 0 Å². The molecule has 0 saturated carbocycles. The van der Waals surface area contributed by atoms with Crippen LogP contribution >= 0.6 is 0 Å². The molecule has 0 aliphatic heterocycles. The van der Waals surface area contributed by atoms with Gasteiger partial charge in [0.2, 0.25) is 0 Å². The van der Waals surface area contributed by atoms with Crippen molar-refractivity contribution >= 4 is 0 Å². The molecule has 19 heavy (non-hydrogen) atoms. The Kier molecular flexibility index (Phi) is 4.63. The fourth-order valence-corrected chi connectivity index (χ4v) is 2.18. The molecule has 0 radical (unpaired) electrons. The topological polar surface area (TPSA) is 26.2 Å². The van der Waals surface area contributed by atoms with E-state index in [-0.39, 0.29) is 0 Å². The first kappa shape index (κ1) is 13.7. The van der Waals surface area contributed by atoms with E-state index in [9.17, 15) is 0 Å². The van der Waals surface area contributed by atoms with E-state index in [1.807, 2.05) is 12.1 Å². The van der Waals surface area contributed by atoms with Crippen LogP contribution in [-0.2, 0) is 6.54 Å². The van der Waals surface area contributed by atoms with E-state index in [1.165, 1.54) is 11.1 Å². The zero-order valence-corrected chi connectivity index (χ0v) is 11.9. The third-order valence-electron chi connectivity index (χ3n) is 3.31. The molecular weight excluding hydrogens is 236 g/mol. The van der Waals surface area contributed by atoms with Gasteiger partial charge < -0.3 is 14.6 Å². The summed E-state index contributed by atoms with van der Waals surface area (Å²) < 4.78 is 7.38. The molecule has 1 atom stereocenters. The second-order valence-corrected chi connectivity index (χ2v) is 4.74. The molecule has 2 aromatic rings. The van der Waals surface area contributed by atoms with Crippen molar-refractivity contribution in [3.05, 3.63) is 53.9 Å². The molecule has 1 aromatic carbocycles. The van der Waals surface area contributed by atoms with E-state index in [0.717, 1.165) is 18.8 Å². The lowest BCUT2D eigenvalue weighted by Gasteiger charge is -2.10. The molecule has 0 saturated heterocycles. The Hall–Kier alpha value is -1.74. The van der Waals surface area contributed by atoms with Crippen LogP contribution in [0.1, 0.15) is 31.0 Å². The van der Waals surface area contributed by atoms with Crippen LogP contribution in [0.3, 0.4) is 0 Å². The van der Waals surface area contributed by atoms with Crippen LogP contribution in [0.5, 0.6) is 5.75 Å². The average molecular weight is 258 g/mol. The molecule has 0 amide bonds. The summed E-state index contributed by atoms with van der Waals surface area (Å²) in [6.45, 7) is 6.20. The predicted octanol–water partition coefficient (Wildman–Crippen LogP) is 3.22. The van der Waals surface area contributed by atoms with Gasteiger partial charge in [0.15, 0.2) is 0 Å². The molecule has 0 spiro atoms. The largest absolute Gasteiger partial charge is 0.497 e. The summed E-state index contributed by atoms with van der Waals surface area (Å²) in [6.07, 6.45) is 4.34. The van der Waals surface area contributed by atoms with Crippen LogP contribution in [0, 0.1) is 0 Å². The van der Waals surface area contributed by atoms with Crippen LogP contribution in [-0.4, -0.2) is 18.2 Å². The zero-order chi connectivity index (χ0) is 13.7. The van der Waals surface area contributed by atoms with Crippen molar-refractivity contribution in [2.24, 2.45) is 0 Å². The smallest absolute Gasteiger partial charge is 0.118 e. The molecule has 102 valence electrons. The second kappa shape index (κ2) is 6.43. The number of benzene rings is 1. The van der Waals surface area contributed by atoms with Gasteiger partial charge >= 0.3 is 0 Å². The van der Waals surface area contributed by atoms with Crippen molar-refractivity contribution in [3.8, 4) is 5.75 Å². The van der Waals surface area contributed by atoms with E-state index in [4.69, 9.17) is 4.74 Å². The van der Waals surface area contributed by atoms with Gasteiger partial charge in [-0.05, 0) is 42.8 Å². The minimum Gasteiger partial charge on any atom is -0.497 e. The van der Waals surface area contributed by atoms with Gasteiger partial charge in [0.05, 0.1) is 7.11 Å². The van der Waals surface area contributed by atoms with Gasteiger partial charge in [0.25, 0.3) is 0 Å². The highest BCUT2D eigenvalue weighted by Crippen LogP contribution is 2.15. The summed E-state index contributed by atoms with van der Waals surface area (Å²) in [5.41, 5.74) is 2.61. The molecule has 3 heteroatoms. The molecule has 0 aliphatic carbocycles. The molecular formula is C16H22N2O. The molecule has 0 bridgehead atoms. The summed E-state index contributed by atoms with van der Waals surface area (Å²) in [5.74, 6) is 0.901. The van der Waals surface area contributed by atoms with Crippen LogP contribution in [0.4, 0.5) is 0 Å². The highest BCUT2D eigenvalue weighted by molar-refractivity contribution is 5.27. The van der Waals surface area contributed by atoms with Crippen molar-refractivity contribution in [1.82, 2.24) is 9.88 Å². The van der Waals surface area contributed by atoms with E-state index < -0.39 is 0 Å². The first-order valence-corrected chi connectivity index (χ1v) is 6.75. The average Bonchev–Trinajstić information content (AvgIpc) is 2.88. The van der Waals surface area contributed by atoms with E-state index in [2.05, 4.69) is 54.3 Å². The van der Waals surface area contributed by atoms with Gasteiger partial charge in [-0.2, -0.15) is 0 Å². The Balaban J connectivity index is 2.02. The van der Waals surface area contributed by atoms with Crippen molar-refractivity contribution in [1.29, 1.82) is 0 Å². The quantitative estimate of drug-likeness (QED) is 0.861. The number of aromatic nitrogens is 1. The van der Waals surface area contributed by atoms with Crippen molar-refractivity contribution in [2.45, 2.75) is 26.4 Å². The van der Waals surface area contributed by atoms with Gasteiger partial charge in [0.1, 0.15) is 5.75 Å². The third-order valence-corrected chi connectivity index (χ3v) is 3.31. The summed E-state index contributed by atoms with van der Waals surface area (Å²) in [5, 5.41) is 3.42. The molecule has 1 aromatic heterocycles. The van der Waals surface area contributed by atoms with Gasteiger partial charge in [0, 0.05) is 25.0 Å². The molecule has 0 fully saturated rings. The second-order valence-electron chi connectivity index (χ2n) is 4.74. The van der Waals surface area contributed by atoms with E-state index >= 15 is 0 Å². The Morgan fingerprint density at radius 3 is 2.58 bits per heavy atom. The van der Waals surface area contributed by atoms with E-state index in [0.29, 0.717) is 6.04 Å². The summed E-state index contributed by atoms with van der Waals surface area (Å²) >= 11 is 0. The fourth-order valence-electron chi connectivity index (χ4n) is 2.18. The lowest BCUT2D eigenvalue weighted by Crippen LogP contribution is -2.17. The minimum atomic E-state index is 0.405. The summed E-state index contributed by atoms with van der Waals surface area (Å²) in [7, 11) is 1.69. The maximum absolute atomic E-state index is 5.17. The Labute approximate surface area is 115 Å². The van der Waals surface area contributed by atoms with Crippen molar-refractivity contribution < 1.29 is 4.74 Å². The lowest BCUT2D eigenvalue weighted by atomic mass is 10.2. The fraction of sp³-hybridized carbons (Fsp3) is 0.375. The molecule has 1 N–H and O–H groups in total. The maximum Gasteiger partial charge on any atom is 0.118 e. The van der Waals surface area contributed by atoms with Gasteiger partial charge in [-0.25, -0.2) is 0 Å². The monoisotopic (exact) mass is 258 g/mol. The number of ether oxygens (including phenoxy) is 1. The highest BCUT2D eigenvalue weighted by Gasteiger charge is 2.05. The maximum atomic E-state index is 5.17. The van der Waals surface area contributed by atoms with Gasteiger partial charge in [-0.1, -0.05) is 19.1 Å². The van der Waals surface area contributed by atoms with Gasteiger partial charge in [-0.15, -0.1) is 0 Å². The number of hydrogen-bond donors (Lipinski definition) is 1. The Morgan fingerprint density at radius 1 is 1.21 bits per heavy atom. The first-order valence-electron chi connectivity index (χ1n) is 6.75. The zero-order valence-electron chi connectivity index (χ0n) is 11.9. The SMILES string of the molecule is CCNC(C)c1ccn(Cc2ccc(OC)cc2)c1. The third kappa shape index (κ3) is 3.61. The molecule has 0 aliphatic rings. The molecule has 2 rings (SSSR count). The minimum absolute atomic E-state index is 0.405. The summed E-state index contributed by atoms with van der Waals surface area (Å²) in [6, 6.07) is 10.8. The first-order chi connectivity index (χ1) is 9.22. The highest BCUT2D eigenvalue weighted by atomic mass is 16.5. The predicted molar refractivity (Wildman–Crippen MR) is 78.6 cm³/mol. The Morgan fingerprint density at radius 2 is 1.95 bits per heavy atom. The number of methoxy groups -OCH3 is 1. The lowest BCUT2D eigenvalue weighted by molar-refractivity contribution is 0.414. The normalized spacial score (nSPS) is 12.4. The molecule has 1 heterocycles. The number of rotatable bonds is 6. The van der Waals surface area contributed by atoms with Crippen molar-refractivity contribution in [3.63, 3.8) is 0 Å². The van der Waals surface area contributed by atoms with Crippen LogP contribution in [0.15, 0.2) is 42.7 Å². The summed E-state index contributed by atoms with van der Waals surface area (Å²) in [4.78, 5) is 0. The van der Waals surface area contributed by atoms with Crippen LogP contribution in [0.2, 0.25) is 0 Å². The van der Waals surface area contributed by atoms with Crippen LogP contribution in [0.25, 0.3) is 0 Å². The Bertz CT molecular complexity index is 502. The van der Waals surface area contributed by atoms with E-state index in [1.54, 1.807) is 7.11 Å². The number of nitrogens with zero attached hydrogens (tertiary/aromatic N) is 1. The number of hydrogen-bond acceptors (Lipinski definition) is 2. The number of nitrogens with one attached hydrogen (secondary N) is 1. The molecule has 1 unspecified atom stereocenters. The molecule has 3 nitrogen and oxygen atoms in total. The van der Waals surface area contributed by atoms with Crippen LogP contribution < -0.4 is 10.1 Å². The van der Waals surface area contributed by atoms with Crippen molar-refractivity contribution in [2.75, 3.05) is 13.7 Å². The standard InChI is InChI=1S/C16H22N2O/c1-4-17-13(2)15-9-10-18(12-15)11-14-5-7-16(19-3)8-6-14/h5-10,12-13,17H,4,11H2,1-3H3.